The molecule has 1 aliphatic heterocycles. The Hall–Kier alpha value is -3.84. The standard InChI is InChI=1S/C26H25ClN6O/c1-2-24(34)30-17-9-11-19(12-10-17)33-13-5-6-18(16-33)31-26-29-15-22(27)25(32-26)21-14-28-23-8-4-3-7-20(21)23/h2-4,7-12,14-15,18,28H,1,5-6,13,16H2,(H,30,34)(H,29,31,32). The summed E-state index contributed by atoms with van der Waals surface area (Å²) in [6.45, 7) is 5.28. The molecule has 7 nitrogen and oxygen atoms in total. The Labute approximate surface area is 202 Å². The summed E-state index contributed by atoms with van der Waals surface area (Å²) in [5.41, 5.74) is 4.57. The van der Waals surface area contributed by atoms with Crippen LogP contribution < -0.4 is 15.5 Å². The van der Waals surface area contributed by atoms with Crippen LogP contribution in [0.15, 0.2) is 73.6 Å². The SMILES string of the molecule is C=CC(=O)Nc1ccc(N2CCCC(Nc3ncc(Cl)c(-c4c[nH]c5ccccc45)n3)C2)cc1. The van der Waals surface area contributed by atoms with Crippen molar-refractivity contribution in [2.24, 2.45) is 0 Å². The first-order valence-electron chi connectivity index (χ1n) is 11.2. The van der Waals surface area contributed by atoms with Gasteiger partial charge in [0, 0.05) is 53.2 Å². The van der Waals surface area contributed by atoms with Crippen molar-refractivity contribution >= 4 is 45.7 Å². The molecule has 1 fully saturated rings. The number of aromatic amines is 1. The number of hydrogen-bond donors (Lipinski definition) is 3. The number of fused-ring (bicyclic) bond motifs is 1. The van der Waals surface area contributed by atoms with Gasteiger partial charge in [-0.3, -0.25) is 4.79 Å². The average Bonchev–Trinajstić information content (AvgIpc) is 3.30. The van der Waals surface area contributed by atoms with Gasteiger partial charge in [0.05, 0.1) is 16.9 Å². The van der Waals surface area contributed by atoms with E-state index in [1.165, 1.54) is 6.08 Å². The third-order valence-corrected chi connectivity index (χ3v) is 6.31. The first-order valence-corrected chi connectivity index (χ1v) is 11.6. The zero-order valence-corrected chi connectivity index (χ0v) is 19.3. The second kappa shape index (κ2) is 9.57. The highest BCUT2D eigenvalue weighted by atomic mass is 35.5. The first kappa shape index (κ1) is 22.0. The van der Waals surface area contributed by atoms with Gasteiger partial charge in [-0.15, -0.1) is 0 Å². The monoisotopic (exact) mass is 472 g/mol. The molecule has 0 aliphatic carbocycles. The molecule has 0 radical (unpaired) electrons. The molecule has 34 heavy (non-hydrogen) atoms. The van der Waals surface area contributed by atoms with Crippen molar-refractivity contribution in [3.8, 4) is 11.3 Å². The maximum Gasteiger partial charge on any atom is 0.247 e. The molecule has 2 aromatic heterocycles. The number of H-pyrrole nitrogens is 1. The van der Waals surface area contributed by atoms with Crippen LogP contribution in [0.25, 0.3) is 22.2 Å². The van der Waals surface area contributed by atoms with E-state index in [9.17, 15) is 4.79 Å². The molecule has 1 aliphatic rings. The van der Waals surface area contributed by atoms with E-state index in [0.717, 1.165) is 53.8 Å². The molecule has 1 amide bonds. The molecule has 5 rings (SSSR count). The predicted octanol–water partition coefficient (Wildman–Crippen LogP) is 5.48. The summed E-state index contributed by atoms with van der Waals surface area (Å²) in [7, 11) is 0. The van der Waals surface area contributed by atoms with Crippen LogP contribution in [0.2, 0.25) is 5.02 Å². The van der Waals surface area contributed by atoms with Crippen LogP contribution in [0.1, 0.15) is 12.8 Å². The largest absolute Gasteiger partial charge is 0.369 e. The van der Waals surface area contributed by atoms with E-state index in [2.05, 4.69) is 38.1 Å². The fraction of sp³-hybridized carbons (Fsp3) is 0.192. The van der Waals surface area contributed by atoms with E-state index >= 15 is 0 Å². The molecule has 1 atom stereocenters. The number of carbonyl (C=O) groups excluding carboxylic acids is 1. The number of halogens is 1. The number of rotatable bonds is 6. The quantitative estimate of drug-likeness (QED) is 0.323. The van der Waals surface area contributed by atoms with Crippen molar-refractivity contribution in [3.63, 3.8) is 0 Å². The lowest BCUT2D eigenvalue weighted by molar-refractivity contribution is -0.111. The van der Waals surface area contributed by atoms with Crippen LogP contribution in [0.5, 0.6) is 0 Å². The molecule has 1 unspecified atom stereocenters. The van der Waals surface area contributed by atoms with Gasteiger partial charge in [0.15, 0.2) is 0 Å². The number of carbonyl (C=O) groups is 1. The summed E-state index contributed by atoms with van der Waals surface area (Å²) in [4.78, 5) is 26.3. The van der Waals surface area contributed by atoms with Gasteiger partial charge in [-0.05, 0) is 49.2 Å². The summed E-state index contributed by atoms with van der Waals surface area (Å²) in [5, 5.41) is 7.87. The van der Waals surface area contributed by atoms with Gasteiger partial charge in [-0.2, -0.15) is 0 Å². The van der Waals surface area contributed by atoms with E-state index in [4.69, 9.17) is 16.6 Å². The van der Waals surface area contributed by atoms with Crippen LogP contribution in [0.3, 0.4) is 0 Å². The van der Waals surface area contributed by atoms with Gasteiger partial charge in [0.1, 0.15) is 0 Å². The summed E-state index contributed by atoms with van der Waals surface area (Å²) in [6.07, 6.45) is 6.93. The normalized spacial score (nSPS) is 15.8. The zero-order valence-electron chi connectivity index (χ0n) is 18.6. The molecule has 1 saturated heterocycles. The second-order valence-electron chi connectivity index (χ2n) is 8.31. The van der Waals surface area contributed by atoms with E-state index in [1.54, 1.807) is 6.20 Å². The summed E-state index contributed by atoms with van der Waals surface area (Å²) in [5.74, 6) is 0.351. The van der Waals surface area contributed by atoms with E-state index in [1.807, 2.05) is 48.7 Å². The third kappa shape index (κ3) is 4.61. The highest BCUT2D eigenvalue weighted by Gasteiger charge is 2.22. The number of hydrogen-bond acceptors (Lipinski definition) is 5. The van der Waals surface area contributed by atoms with Crippen molar-refractivity contribution in [2.75, 3.05) is 28.6 Å². The van der Waals surface area contributed by atoms with Gasteiger partial charge >= 0.3 is 0 Å². The van der Waals surface area contributed by atoms with Crippen molar-refractivity contribution < 1.29 is 4.79 Å². The predicted molar refractivity (Wildman–Crippen MR) is 138 cm³/mol. The van der Waals surface area contributed by atoms with Crippen LogP contribution in [-0.2, 0) is 4.79 Å². The summed E-state index contributed by atoms with van der Waals surface area (Å²) < 4.78 is 0. The van der Waals surface area contributed by atoms with E-state index in [0.29, 0.717) is 16.7 Å². The van der Waals surface area contributed by atoms with Gasteiger partial charge in [0.2, 0.25) is 11.9 Å². The first-order chi connectivity index (χ1) is 16.6. The lowest BCUT2D eigenvalue weighted by atomic mass is 10.0. The van der Waals surface area contributed by atoms with Crippen LogP contribution in [-0.4, -0.2) is 40.0 Å². The molecule has 8 heteroatoms. The Bertz CT molecular complexity index is 1330. The topological polar surface area (TPSA) is 85.9 Å². The highest BCUT2D eigenvalue weighted by molar-refractivity contribution is 6.33. The third-order valence-electron chi connectivity index (χ3n) is 6.03. The number of nitrogens with one attached hydrogen (secondary N) is 3. The number of nitrogens with zero attached hydrogens (tertiary/aromatic N) is 3. The molecule has 3 N–H and O–H groups in total. The number of anilines is 3. The molecule has 2 aromatic carbocycles. The lowest BCUT2D eigenvalue weighted by Crippen LogP contribution is -2.42. The summed E-state index contributed by atoms with van der Waals surface area (Å²) in [6, 6.07) is 16.1. The minimum Gasteiger partial charge on any atom is -0.369 e. The minimum atomic E-state index is -0.218. The molecule has 0 bridgehead atoms. The van der Waals surface area contributed by atoms with Crippen LogP contribution in [0, 0.1) is 0 Å². The Balaban J connectivity index is 1.31. The van der Waals surface area contributed by atoms with Gasteiger partial charge in [-0.1, -0.05) is 36.4 Å². The number of benzene rings is 2. The smallest absolute Gasteiger partial charge is 0.247 e. The fourth-order valence-corrected chi connectivity index (χ4v) is 4.55. The fourth-order valence-electron chi connectivity index (χ4n) is 4.35. The second-order valence-corrected chi connectivity index (χ2v) is 8.72. The molecule has 172 valence electrons. The van der Waals surface area contributed by atoms with E-state index < -0.39 is 0 Å². The maximum atomic E-state index is 11.5. The Kier molecular flexibility index (Phi) is 6.18. The van der Waals surface area contributed by atoms with Gasteiger partial charge in [-0.25, -0.2) is 9.97 Å². The Morgan fingerprint density at radius 3 is 2.85 bits per heavy atom. The van der Waals surface area contributed by atoms with Crippen molar-refractivity contribution in [3.05, 3.63) is 78.6 Å². The molecule has 0 spiro atoms. The number of aromatic nitrogens is 3. The maximum absolute atomic E-state index is 11.5. The molecule has 0 saturated carbocycles. The minimum absolute atomic E-state index is 0.200. The molecular weight excluding hydrogens is 448 g/mol. The van der Waals surface area contributed by atoms with Gasteiger partial charge in [0.25, 0.3) is 0 Å². The van der Waals surface area contributed by atoms with Crippen molar-refractivity contribution in [2.45, 2.75) is 18.9 Å². The van der Waals surface area contributed by atoms with Crippen LogP contribution in [0.4, 0.5) is 17.3 Å². The number of amides is 1. The van der Waals surface area contributed by atoms with Crippen molar-refractivity contribution in [1.82, 2.24) is 15.0 Å². The average molecular weight is 473 g/mol. The molecular formula is C26H25ClN6O. The van der Waals surface area contributed by atoms with Crippen molar-refractivity contribution in [1.29, 1.82) is 0 Å². The number of para-hydroxylation sites is 1. The molecule has 3 heterocycles. The summed E-state index contributed by atoms with van der Waals surface area (Å²) >= 11 is 6.48. The molecule has 4 aromatic rings. The Morgan fingerprint density at radius 1 is 1.21 bits per heavy atom. The van der Waals surface area contributed by atoms with E-state index in [-0.39, 0.29) is 11.9 Å². The van der Waals surface area contributed by atoms with Gasteiger partial charge < -0.3 is 20.5 Å². The lowest BCUT2D eigenvalue weighted by Gasteiger charge is -2.35. The Morgan fingerprint density at radius 2 is 2.03 bits per heavy atom. The van der Waals surface area contributed by atoms with Crippen LogP contribution >= 0.6 is 11.6 Å². The number of piperidine rings is 1. The zero-order chi connectivity index (χ0) is 23.5. The highest BCUT2D eigenvalue weighted by Crippen LogP contribution is 2.32.